The van der Waals surface area contributed by atoms with E-state index in [4.69, 9.17) is 0 Å². The minimum absolute atomic E-state index is 1.00. The second-order valence-electron chi connectivity index (χ2n) is 10.5. The molecular formula is C36H24N2S. The molecule has 3 aromatic heterocycles. The normalized spacial score (nSPS) is 12.9. The van der Waals surface area contributed by atoms with E-state index in [9.17, 15) is 0 Å². The van der Waals surface area contributed by atoms with Crippen molar-refractivity contribution in [3.05, 3.63) is 133 Å². The van der Waals surface area contributed by atoms with Crippen LogP contribution < -0.4 is 0 Å². The van der Waals surface area contributed by atoms with E-state index in [1.165, 1.54) is 75.9 Å². The van der Waals surface area contributed by atoms with Crippen molar-refractivity contribution in [1.82, 2.24) is 9.13 Å². The van der Waals surface area contributed by atoms with Gasteiger partial charge in [0.05, 0.1) is 11.0 Å². The van der Waals surface area contributed by atoms with Crippen LogP contribution in [-0.4, -0.2) is 9.13 Å². The molecule has 0 bridgehead atoms. The molecule has 9 rings (SSSR count). The first-order chi connectivity index (χ1) is 19.4. The first-order valence-electron chi connectivity index (χ1n) is 13.6. The summed E-state index contributed by atoms with van der Waals surface area (Å²) in [7, 11) is 0. The SMILES string of the molecule is c1ccc(-n2c3c(c4ccccc42)-c2c(n(-c4ccc5c(c4)sc4ccccc45)c4ccccc24)CC3)cc1. The average Bonchev–Trinajstić information content (AvgIpc) is 3.64. The summed E-state index contributed by atoms with van der Waals surface area (Å²) in [6.07, 6.45) is 2.01. The summed E-state index contributed by atoms with van der Waals surface area (Å²) in [4.78, 5) is 0. The maximum atomic E-state index is 2.53. The van der Waals surface area contributed by atoms with Crippen LogP contribution in [0, 0.1) is 0 Å². The van der Waals surface area contributed by atoms with Gasteiger partial charge in [0.25, 0.3) is 0 Å². The fourth-order valence-electron chi connectivity index (χ4n) is 6.87. The van der Waals surface area contributed by atoms with Crippen LogP contribution >= 0.6 is 11.3 Å². The van der Waals surface area contributed by atoms with E-state index in [0.717, 1.165) is 12.8 Å². The quantitative estimate of drug-likeness (QED) is 0.216. The van der Waals surface area contributed by atoms with E-state index in [0.29, 0.717) is 0 Å². The van der Waals surface area contributed by atoms with Gasteiger partial charge in [-0.15, -0.1) is 11.3 Å². The Labute approximate surface area is 230 Å². The highest BCUT2D eigenvalue weighted by molar-refractivity contribution is 7.25. The Bertz CT molecular complexity index is 2230. The van der Waals surface area contributed by atoms with E-state index >= 15 is 0 Å². The molecule has 0 aliphatic heterocycles. The highest BCUT2D eigenvalue weighted by atomic mass is 32.1. The molecule has 3 heterocycles. The van der Waals surface area contributed by atoms with Crippen molar-refractivity contribution < 1.29 is 0 Å². The summed E-state index contributed by atoms with van der Waals surface area (Å²) in [5.74, 6) is 0. The molecule has 8 aromatic rings. The van der Waals surface area contributed by atoms with Gasteiger partial charge >= 0.3 is 0 Å². The number of thiophene rings is 1. The van der Waals surface area contributed by atoms with E-state index in [1.807, 2.05) is 11.3 Å². The highest BCUT2D eigenvalue weighted by Crippen LogP contribution is 2.48. The van der Waals surface area contributed by atoms with E-state index in [1.54, 1.807) is 0 Å². The van der Waals surface area contributed by atoms with Crippen molar-refractivity contribution in [2.24, 2.45) is 0 Å². The first-order valence-corrected chi connectivity index (χ1v) is 14.4. The van der Waals surface area contributed by atoms with E-state index < -0.39 is 0 Å². The van der Waals surface area contributed by atoms with Crippen LogP contribution in [0.3, 0.4) is 0 Å². The van der Waals surface area contributed by atoms with Crippen LogP contribution in [-0.2, 0) is 12.8 Å². The van der Waals surface area contributed by atoms with Crippen molar-refractivity contribution in [2.75, 3.05) is 0 Å². The second kappa shape index (κ2) is 7.95. The summed E-state index contributed by atoms with van der Waals surface area (Å²) in [6, 6.07) is 44.5. The van der Waals surface area contributed by atoms with Crippen LogP contribution in [0.15, 0.2) is 121 Å². The van der Waals surface area contributed by atoms with Crippen molar-refractivity contribution >= 4 is 53.3 Å². The van der Waals surface area contributed by atoms with Crippen LogP contribution in [0.5, 0.6) is 0 Å². The Morgan fingerprint density at radius 3 is 1.67 bits per heavy atom. The lowest BCUT2D eigenvalue weighted by atomic mass is 9.91. The molecule has 39 heavy (non-hydrogen) atoms. The molecule has 0 N–H and O–H groups in total. The summed E-state index contributed by atoms with van der Waals surface area (Å²) in [5.41, 5.74) is 10.7. The molecule has 2 nitrogen and oxygen atoms in total. The predicted molar refractivity (Wildman–Crippen MR) is 166 cm³/mol. The van der Waals surface area contributed by atoms with Crippen LogP contribution in [0.4, 0.5) is 0 Å². The van der Waals surface area contributed by atoms with Crippen LogP contribution in [0.2, 0.25) is 0 Å². The largest absolute Gasteiger partial charge is 0.313 e. The smallest absolute Gasteiger partial charge is 0.0537 e. The summed E-state index contributed by atoms with van der Waals surface area (Å²) >= 11 is 1.89. The third-order valence-electron chi connectivity index (χ3n) is 8.43. The van der Waals surface area contributed by atoms with Crippen LogP contribution in [0.25, 0.3) is 64.5 Å². The minimum Gasteiger partial charge on any atom is -0.313 e. The van der Waals surface area contributed by atoms with Gasteiger partial charge in [-0.25, -0.2) is 0 Å². The summed E-state index contributed by atoms with van der Waals surface area (Å²) < 4.78 is 7.72. The Balaban J connectivity index is 1.36. The van der Waals surface area contributed by atoms with Gasteiger partial charge in [0.15, 0.2) is 0 Å². The third kappa shape index (κ3) is 2.91. The van der Waals surface area contributed by atoms with Gasteiger partial charge in [-0.2, -0.15) is 0 Å². The zero-order valence-electron chi connectivity index (χ0n) is 21.3. The van der Waals surface area contributed by atoms with Crippen molar-refractivity contribution in [1.29, 1.82) is 0 Å². The van der Waals surface area contributed by atoms with Gasteiger partial charge in [-0.3, -0.25) is 0 Å². The standard InChI is InChI=1S/C36H24N2S/c1-2-10-23(11-3-1)37-29-15-7-4-13-27(29)35-31(37)20-21-32-36(35)28-14-5-8-16-30(28)38(32)24-18-19-26-25-12-6-9-17-33(25)39-34(26)22-24/h1-19,22H,20-21H2. The Morgan fingerprint density at radius 1 is 0.436 bits per heavy atom. The summed E-state index contributed by atoms with van der Waals surface area (Å²) in [6.45, 7) is 0. The lowest BCUT2D eigenvalue weighted by Crippen LogP contribution is -2.10. The predicted octanol–water partition coefficient (Wildman–Crippen LogP) is 9.71. The zero-order valence-corrected chi connectivity index (χ0v) is 22.1. The lowest BCUT2D eigenvalue weighted by molar-refractivity contribution is 0.822. The first kappa shape index (κ1) is 21.3. The molecule has 0 saturated heterocycles. The number of nitrogens with zero attached hydrogens (tertiary/aromatic N) is 2. The zero-order chi connectivity index (χ0) is 25.5. The summed E-state index contributed by atoms with van der Waals surface area (Å²) in [5, 5.41) is 5.36. The van der Waals surface area contributed by atoms with Crippen molar-refractivity contribution in [3.63, 3.8) is 0 Å². The van der Waals surface area contributed by atoms with Crippen molar-refractivity contribution in [2.45, 2.75) is 12.8 Å². The van der Waals surface area contributed by atoms with Gasteiger partial charge in [0, 0.05) is 64.8 Å². The molecule has 1 aliphatic carbocycles. The van der Waals surface area contributed by atoms with Crippen molar-refractivity contribution in [3.8, 4) is 22.5 Å². The second-order valence-corrected chi connectivity index (χ2v) is 11.5. The van der Waals surface area contributed by atoms with Gasteiger partial charge in [-0.05, 0) is 55.3 Å². The fraction of sp³-hybridized carbons (Fsp3) is 0.0556. The van der Waals surface area contributed by atoms with Gasteiger partial charge in [0.1, 0.15) is 0 Å². The van der Waals surface area contributed by atoms with E-state index in [2.05, 4.69) is 130 Å². The molecule has 5 aromatic carbocycles. The number of fused-ring (bicyclic) bond motifs is 10. The molecule has 0 amide bonds. The molecule has 3 heteroatoms. The van der Waals surface area contributed by atoms with E-state index in [-0.39, 0.29) is 0 Å². The molecule has 0 radical (unpaired) electrons. The molecule has 0 atom stereocenters. The minimum atomic E-state index is 1.00. The Kier molecular flexibility index (Phi) is 4.35. The van der Waals surface area contributed by atoms with Gasteiger partial charge in [0.2, 0.25) is 0 Å². The topological polar surface area (TPSA) is 9.86 Å². The van der Waals surface area contributed by atoms with Gasteiger partial charge < -0.3 is 9.13 Å². The average molecular weight is 517 g/mol. The third-order valence-corrected chi connectivity index (χ3v) is 9.56. The maximum Gasteiger partial charge on any atom is 0.0537 e. The van der Waals surface area contributed by atoms with Crippen LogP contribution in [0.1, 0.15) is 11.4 Å². The number of hydrogen-bond donors (Lipinski definition) is 0. The maximum absolute atomic E-state index is 2.53. The Hall–Kier alpha value is -4.60. The molecular weight excluding hydrogens is 492 g/mol. The number of hydrogen-bond acceptors (Lipinski definition) is 1. The number of para-hydroxylation sites is 3. The Morgan fingerprint density at radius 2 is 0.974 bits per heavy atom. The highest BCUT2D eigenvalue weighted by Gasteiger charge is 2.30. The number of aromatic nitrogens is 2. The molecule has 0 unspecified atom stereocenters. The lowest BCUT2D eigenvalue weighted by Gasteiger charge is -2.20. The molecule has 184 valence electrons. The number of benzene rings is 5. The molecule has 0 spiro atoms. The monoisotopic (exact) mass is 516 g/mol. The molecule has 0 saturated carbocycles. The van der Waals surface area contributed by atoms with Gasteiger partial charge in [-0.1, -0.05) is 78.9 Å². The molecule has 1 aliphatic rings. The number of rotatable bonds is 2. The molecule has 0 fully saturated rings. The fourth-order valence-corrected chi connectivity index (χ4v) is 8.01.